The van der Waals surface area contributed by atoms with Crippen LogP contribution >= 0.6 is 11.3 Å². The molecule has 1 aromatic heterocycles. The number of thiazole rings is 1. The Kier molecular flexibility index (Phi) is 3.64. The number of likely N-dealkylation sites (N-methyl/N-ethyl adjacent to an activating group) is 1. The van der Waals surface area contributed by atoms with Gasteiger partial charge in [-0.3, -0.25) is 4.79 Å². The summed E-state index contributed by atoms with van der Waals surface area (Å²) in [5, 5.41) is 1.91. The molecule has 2 aromatic rings. The van der Waals surface area contributed by atoms with Gasteiger partial charge in [0.05, 0.1) is 0 Å². The Hall–Kier alpha value is -1.55. The number of para-hydroxylation sites is 1. The van der Waals surface area contributed by atoms with Crippen molar-refractivity contribution < 1.29 is 0 Å². The highest BCUT2D eigenvalue weighted by molar-refractivity contribution is 7.07. The van der Waals surface area contributed by atoms with Gasteiger partial charge in [-0.05, 0) is 19.1 Å². The number of anilines is 1. The zero-order valence-electron chi connectivity index (χ0n) is 10.1. The molecule has 0 radical (unpaired) electrons. The molecule has 90 valence electrons. The van der Waals surface area contributed by atoms with Gasteiger partial charge in [-0.1, -0.05) is 29.5 Å². The van der Waals surface area contributed by atoms with Crippen LogP contribution in [-0.2, 0) is 6.54 Å². The average molecular weight is 248 g/mol. The lowest BCUT2D eigenvalue weighted by molar-refractivity contribution is 0.658. The van der Waals surface area contributed by atoms with E-state index in [2.05, 4.69) is 17.0 Å². The fourth-order valence-electron chi connectivity index (χ4n) is 1.74. The lowest BCUT2D eigenvalue weighted by Crippen LogP contribution is -2.26. The van der Waals surface area contributed by atoms with Crippen LogP contribution in [0.4, 0.5) is 5.69 Å². The quantitative estimate of drug-likeness (QED) is 0.830. The minimum Gasteiger partial charge on any atom is -0.373 e. The largest absolute Gasteiger partial charge is 0.373 e. The third-order valence-corrected chi connectivity index (χ3v) is 3.71. The first-order valence-corrected chi connectivity index (χ1v) is 6.47. The standard InChI is InChI=1S/C13H16N2OS/c1-11-10-17-13(16)15(11)9-8-14(2)12-6-4-3-5-7-12/h3-7,10H,8-9H2,1-2H3. The molecule has 4 heteroatoms. The minimum atomic E-state index is 0.129. The van der Waals surface area contributed by atoms with Crippen LogP contribution in [0.5, 0.6) is 0 Å². The molecule has 0 amide bonds. The maximum absolute atomic E-state index is 11.6. The Morgan fingerprint density at radius 1 is 1.29 bits per heavy atom. The first-order valence-electron chi connectivity index (χ1n) is 5.59. The second-order valence-electron chi connectivity index (χ2n) is 4.05. The van der Waals surface area contributed by atoms with Crippen molar-refractivity contribution in [2.24, 2.45) is 0 Å². The molecule has 3 nitrogen and oxygen atoms in total. The van der Waals surface area contributed by atoms with E-state index in [0.717, 1.165) is 18.8 Å². The molecule has 0 atom stereocenters. The number of aromatic nitrogens is 1. The molecule has 2 rings (SSSR count). The van der Waals surface area contributed by atoms with Crippen molar-refractivity contribution in [3.05, 3.63) is 51.1 Å². The van der Waals surface area contributed by atoms with E-state index in [1.807, 2.05) is 42.1 Å². The topological polar surface area (TPSA) is 25.2 Å². The van der Waals surface area contributed by atoms with E-state index in [1.165, 1.54) is 17.0 Å². The Morgan fingerprint density at radius 3 is 2.59 bits per heavy atom. The Morgan fingerprint density at radius 2 is 2.00 bits per heavy atom. The van der Waals surface area contributed by atoms with Gasteiger partial charge in [0, 0.05) is 36.9 Å². The van der Waals surface area contributed by atoms with Crippen LogP contribution < -0.4 is 9.77 Å². The van der Waals surface area contributed by atoms with Crippen molar-refractivity contribution in [3.8, 4) is 0 Å². The summed E-state index contributed by atoms with van der Waals surface area (Å²) in [4.78, 5) is 13.8. The van der Waals surface area contributed by atoms with Gasteiger partial charge in [0.25, 0.3) is 0 Å². The third kappa shape index (κ3) is 2.77. The van der Waals surface area contributed by atoms with E-state index in [1.54, 1.807) is 0 Å². The molecular weight excluding hydrogens is 232 g/mol. The van der Waals surface area contributed by atoms with Gasteiger partial charge in [0.2, 0.25) is 0 Å². The summed E-state index contributed by atoms with van der Waals surface area (Å²) < 4.78 is 1.82. The summed E-state index contributed by atoms with van der Waals surface area (Å²) in [6, 6.07) is 10.2. The van der Waals surface area contributed by atoms with Crippen LogP contribution in [0.1, 0.15) is 5.69 Å². The predicted octanol–water partition coefficient (Wildman–Crippen LogP) is 2.35. The molecule has 17 heavy (non-hydrogen) atoms. The fraction of sp³-hybridized carbons (Fsp3) is 0.308. The van der Waals surface area contributed by atoms with Gasteiger partial charge in [-0.15, -0.1) is 0 Å². The molecular formula is C13H16N2OS. The Balaban J connectivity index is 2.02. The predicted molar refractivity (Wildman–Crippen MR) is 73.0 cm³/mol. The molecule has 0 bridgehead atoms. The van der Waals surface area contributed by atoms with E-state index in [4.69, 9.17) is 0 Å². The van der Waals surface area contributed by atoms with E-state index in [0.29, 0.717) is 0 Å². The van der Waals surface area contributed by atoms with E-state index in [9.17, 15) is 4.79 Å². The molecule has 0 aliphatic rings. The molecule has 0 saturated carbocycles. The van der Waals surface area contributed by atoms with Gasteiger partial charge in [-0.25, -0.2) is 0 Å². The van der Waals surface area contributed by atoms with Crippen molar-refractivity contribution in [2.45, 2.75) is 13.5 Å². The summed E-state index contributed by atoms with van der Waals surface area (Å²) in [7, 11) is 2.04. The summed E-state index contributed by atoms with van der Waals surface area (Å²) >= 11 is 1.27. The molecule has 0 unspecified atom stereocenters. The van der Waals surface area contributed by atoms with Crippen molar-refractivity contribution in [3.63, 3.8) is 0 Å². The van der Waals surface area contributed by atoms with Gasteiger partial charge >= 0.3 is 4.87 Å². The van der Waals surface area contributed by atoms with Crippen LogP contribution in [0, 0.1) is 6.92 Å². The van der Waals surface area contributed by atoms with Crippen LogP contribution in [-0.4, -0.2) is 18.2 Å². The summed E-state index contributed by atoms with van der Waals surface area (Å²) in [5.74, 6) is 0. The van der Waals surface area contributed by atoms with Crippen LogP contribution in [0.15, 0.2) is 40.5 Å². The van der Waals surface area contributed by atoms with Gasteiger partial charge in [0.15, 0.2) is 0 Å². The molecule has 0 aliphatic heterocycles. The zero-order valence-corrected chi connectivity index (χ0v) is 10.9. The van der Waals surface area contributed by atoms with Gasteiger partial charge in [-0.2, -0.15) is 0 Å². The number of benzene rings is 1. The fourth-order valence-corrected chi connectivity index (χ4v) is 2.50. The first-order chi connectivity index (χ1) is 8.18. The van der Waals surface area contributed by atoms with E-state index < -0.39 is 0 Å². The number of rotatable bonds is 4. The third-order valence-electron chi connectivity index (χ3n) is 2.83. The minimum absolute atomic E-state index is 0.129. The number of hydrogen-bond donors (Lipinski definition) is 0. The molecule has 0 saturated heterocycles. The monoisotopic (exact) mass is 248 g/mol. The van der Waals surface area contributed by atoms with Crippen LogP contribution in [0.3, 0.4) is 0 Å². The summed E-state index contributed by atoms with van der Waals surface area (Å²) in [6.45, 7) is 3.54. The van der Waals surface area contributed by atoms with Gasteiger partial charge in [0.1, 0.15) is 0 Å². The maximum atomic E-state index is 11.6. The maximum Gasteiger partial charge on any atom is 0.307 e. The normalized spacial score (nSPS) is 10.5. The van der Waals surface area contributed by atoms with Crippen LogP contribution in [0.2, 0.25) is 0 Å². The highest BCUT2D eigenvalue weighted by Crippen LogP contribution is 2.10. The van der Waals surface area contributed by atoms with E-state index in [-0.39, 0.29) is 4.87 Å². The number of nitrogens with zero attached hydrogens (tertiary/aromatic N) is 2. The molecule has 1 heterocycles. The van der Waals surface area contributed by atoms with E-state index >= 15 is 0 Å². The number of aryl methyl sites for hydroxylation is 1. The van der Waals surface area contributed by atoms with Crippen molar-refractivity contribution >= 4 is 17.0 Å². The van der Waals surface area contributed by atoms with Gasteiger partial charge < -0.3 is 9.47 Å². The summed E-state index contributed by atoms with van der Waals surface area (Å²) in [5.41, 5.74) is 2.22. The SMILES string of the molecule is Cc1csc(=O)n1CCN(C)c1ccccc1. The van der Waals surface area contributed by atoms with Crippen LogP contribution in [0.25, 0.3) is 0 Å². The zero-order chi connectivity index (χ0) is 12.3. The molecule has 0 N–H and O–H groups in total. The Labute approximate surface area is 105 Å². The second-order valence-corrected chi connectivity index (χ2v) is 4.87. The average Bonchev–Trinajstić information content (AvgIpc) is 2.67. The molecule has 0 aliphatic carbocycles. The van der Waals surface area contributed by atoms with Crippen molar-refractivity contribution in [1.29, 1.82) is 0 Å². The molecule has 1 aromatic carbocycles. The number of hydrogen-bond acceptors (Lipinski definition) is 3. The molecule has 0 fully saturated rings. The smallest absolute Gasteiger partial charge is 0.307 e. The Bertz CT molecular complexity index is 530. The van der Waals surface area contributed by atoms with Crippen molar-refractivity contribution in [2.75, 3.05) is 18.5 Å². The molecule has 0 spiro atoms. The first kappa shape index (κ1) is 11.9. The second kappa shape index (κ2) is 5.19. The highest BCUT2D eigenvalue weighted by Gasteiger charge is 2.04. The summed E-state index contributed by atoms with van der Waals surface area (Å²) in [6.07, 6.45) is 0. The van der Waals surface area contributed by atoms with Crippen molar-refractivity contribution in [1.82, 2.24) is 4.57 Å². The lowest BCUT2D eigenvalue weighted by atomic mass is 10.3. The lowest BCUT2D eigenvalue weighted by Gasteiger charge is -2.19. The highest BCUT2D eigenvalue weighted by atomic mass is 32.1.